The van der Waals surface area contributed by atoms with E-state index >= 15 is 0 Å². The third kappa shape index (κ3) is 3.86. The summed E-state index contributed by atoms with van der Waals surface area (Å²) in [5.41, 5.74) is 2.00. The van der Waals surface area contributed by atoms with Gasteiger partial charge < -0.3 is 4.74 Å². The van der Waals surface area contributed by atoms with Gasteiger partial charge >= 0.3 is 0 Å². The molecule has 1 aromatic carbocycles. The Morgan fingerprint density at radius 3 is 2.60 bits per heavy atom. The molecule has 10 nitrogen and oxygen atoms in total. The van der Waals surface area contributed by atoms with Crippen LogP contribution in [0.2, 0.25) is 0 Å². The lowest BCUT2D eigenvalue weighted by Gasteiger charge is -2.08. The van der Waals surface area contributed by atoms with Crippen molar-refractivity contribution in [2.24, 2.45) is 0 Å². The summed E-state index contributed by atoms with van der Waals surface area (Å²) in [4.78, 5) is 0.135. The lowest BCUT2D eigenvalue weighted by molar-refractivity contribution is 0.306. The van der Waals surface area contributed by atoms with Crippen LogP contribution in [-0.4, -0.2) is 51.6 Å². The summed E-state index contributed by atoms with van der Waals surface area (Å²) in [6, 6.07) is 9.09. The highest BCUT2D eigenvalue weighted by Crippen LogP contribution is 2.19. The number of fused-ring (bicyclic) bond motifs is 1. The smallest absolute Gasteiger partial charge is 0.244 e. The number of rotatable bonds is 7. The molecule has 3 aromatic heterocycles. The summed E-state index contributed by atoms with van der Waals surface area (Å²) < 4.78 is 47.5. The summed E-state index contributed by atoms with van der Waals surface area (Å²) in [5, 5.41) is 19.0. The number of nitrogens with one attached hydrogen (secondary N) is 2. The van der Waals surface area contributed by atoms with E-state index in [0.717, 1.165) is 0 Å². The number of sulfonamides is 1. The Kier molecular flexibility index (Phi) is 5.18. The first-order valence-corrected chi connectivity index (χ1v) is 10.5. The minimum Gasteiger partial charge on any atom is -0.475 e. The van der Waals surface area contributed by atoms with E-state index in [-0.39, 0.29) is 29.7 Å². The van der Waals surface area contributed by atoms with Gasteiger partial charge in [0, 0.05) is 18.2 Å². The standard InChI is InChI=1S/C18H18FN7O3S/c1-11-17(12(2)22-21-11)30(27,28)20-9-10-29-16-8-7-15-23-24-18(26(15)25-16)13-3-5-14(19)6-4-13/h3-8,20H,9-10H2,1-2H3,(H,21,22). The van der Waals surface area contributed by atoms with E-state index in [0.29, 0.717) is 28.4 Å². The molecule has 30 heavy (non-hydrogen) atoms. The number of aromatic nitrogens is 6. The Balaban J connectivity index is 1.45. The molecule has 0 aliphatic carbocycles. The minimum atomic E-state index is -3.70. The highest BCUT2D eigenvalue weighted by atomic mass is 32.2. The van der Waals surface area contributed by atoms with Crippen LogP contribution in [0.3, 0.4) is 0 Å². The number of nitrogens with zero attached hydrogens (tertiary/aromatic N) is 5. The second-order valence-corrected chi connectivity index (χ2v) is 8.19. The zero-order valence-corrected chi connectivity index (χ0v) is 16.9. The SMILES string of the molecule is Cc1n[nH]c(C)c1S(=O)(=O)NCCOc1ccc2nnc(-c3ccc(F)cc3)n2n1. The first-order valence-electron chi connectivity index (χ1n) is 8.97. The molecule has 0 unspecified atom stereocenters. The highest BCUT2D eigenvalue weighted by Gasteiger charge is 2.21. The van der Waals surface area contributed by atoms with Gasteiger partial charge in [-0.2, -0.15) is 9.61 Å². The molecule has 0 amide bonds. The van der Waals surface area contributed by atoms with E-state index in [9.17, 15) is 12.8 Å². The molecule has 0 radical (unpaired) electrons. The number of aromatic amines is 1. The van der Waals surface area contributed by atoms with Crippen molar-refractivity contribution in [2.75, 3.05) is 13.2 Å². The Bertz CT molecular complexity index is 1280. The molecule has 0 aliphatic rings. The summed E-state index contributed by atoms with van der Waals surface area (Å²) in [7, 11) is -3.70. The Hall–Kier alpha value is -3.38. The van der Waals surface area contributed by atoms with Gasteiger partial charge in [0.1, 0.15) is 17.3 Å². The first kappa shape index (κ1) is 19.9. The maximum Gasteiger partial charge on any atom is 0.244 e. The average Bonchev–Trinajstić information content (AvgIpc) is 3.29. The van der Waals surface area contributed by atoms with Gasteiger partial charge in [0.05, 0.1) is 11.4 Å². The molecule has 0 aliphatic heterocycles. The lowest BCUT2D eigenvalue weighted by Crippen LogP contribution is -2.29. The van der Waals surface area contributed by atoms with Crippen LogP contribution in [0.25, 0.3) is 17.0 Å². The number of aryl methyl sites for hydroxylation is 2. The molecule has 0 saturated carbocycles. The van der Waals surface area contributed by atoms with Crippen molar-refractivity contribution in [3.05, 3.63) is 53.6 Å². The predicted octanol–water partition coefficient (Wildman–Crippen LogP) is 1.63. The predicted molar refractivity (Wildman–Crippen MR) is 105 cm³/mol. The van der Waals surface area contributed by atoms with Crippen LogP contribution in [-0.2, 0) is 10.0 Å². The monoisotopic (exact) mass is 431 g/mol. The van der Waals surface area contributed by atoms with Gasteiger partial charge in [-0.05, 0) is 44.2 Å². The third-order valence-corrected chi connectivity index (χ3v) is 6.04. The first-order chi connectivity index (χ1) is 14.3. The fraction of sp³-hybridized carbons (Fsp3) is 0.222. The molecular formula is C18H18FN7O3S. The number of ether oxygens (including phenoxy) is 1. The molecule has 12 heteroatoms. The quantitative estimate of drug-likeness (QED) is 0.426. The molecule has 4 rings (SSSR count). The van der Waals surface area contributed by atoms with E-state index in [2.05, 4.69) is 30.2 Å². The Morgan fingerprint density at radius 1 is 1.13 bits per heavy atom. The molecule has 3 heterocycles. The van der Waals surface area contributed by atoms with Crippen LogP contribution in [0.4, 0.5) is 4.39 Å². The number of hydrogen-bond acceptors (Lipinski definition) is 7. The second kappa shape index (κ2) is 7.80. The van der Waals surface area contributed by atoms with Crippen LogP contribution in [0.5, 0.6) is 5.88 Å². The van der Waals surface area contributed by atoms with Crippen molar-refractivity contribution in [3.8, 4) is 17.3 Å². The van der Waals surface area contributed by atoms with Crippen LogP contribution in [0.1, 0.15) is 11.4 Å². The van der Waals surface area contributed by atoms with Gasteiger partial charge in [0.15, 0.2) is 11.5 Å². The second-order valence-electron chi connectivity index (χ2n) is 6.48. The highest BCUT2D eigenvalue weighted by molar-refractivity contribution is 7.89. The zero-order chi connectivity index (χ0) is 21.3. The van der Waals surface area contributed by atoms with E-state index in [1.807, 2.05) is 0 Å². The third-order valence-electron chi connectivity index (χ3n) is 4.31. The van der Waals surface area contributed by atoms with Crippen LogP contribution in [0.15, 0.2) is 41.3 Å². The molecule has 0 saturated heterocycles. The van der Waals surface area contributed by atoms with Crippen molar-refractivity contribution in [3.63, 3.8) is 0 Å². The lowest BCUT2D eigenvalue weighted by atomic mass is 10.2. The summed E-state index contributed by atoms with van der Waals surface area (Å²) >= 11 is 0. The van der Waals surface area contributed by atoms with E-state index in [1.54, 1.807) is 38.1 Å². The maximum atomic E-state index is 13.2. The Labute approximate surface area is 171 Å². The fourth-order valence-corrected chi connectivity index (χ4v) is 4.35. The van der Waals surface area contributed by atoms with Gasteiger partial charge in [-0.25, -0.2) is 17.5 Å². The number of benzene rings is 1. The molecule has 0 spiro atoms. The minimum absolute atomic E-state index is 0.0408. The average molecular weight is 431 g/mol. The van der Waals surface area contributed by atoms with Crippen molar-refractivity contribution in [2.45, 2.75) is 18.7 Å². The zero-order valence-electron chi connectivity index (χ0n) is 16.1. The molecule has 0 bridgehead atoms. The molecule has 4 aromatic rings. The van der Waals surface area contributed by atoms with Gasteiger partial charge in [-0.15, -0.1) is 15.3 Å². The van der Waals surface area contributed by atoms with Crippen molar-refractivity contribution < 1.29 is 17.5 Å². The Morgan fingerprint density at radius 2 is 1.90 bits per heavy atom. The van der Waals surface area contributed by atoms with Crippen LogP contribution >= 0.6 is 0 Å². The molecule has 0 fully saturated rings. The topological polar surface area (TPSA) is 127 Å². The largest absolute Gasteiger partial charge is 0.475 e. The normalized spacial score (nSPS) is 11.8. The molecule has 2 N–H and O–H groups in total. The summed E-state index contributed by atoms with van der Waals surface area (Å²) in [6.45, 7) is 3.36. The van der Waals surface area contributed by atoms with Crippen molar-refractivity contribution in [1.29, 1.82) is 0 Å². The summed E-state index contributed by atoms with van der Waals surface area (Å²) in [5.74, 6) is 0.343. The molecule has 0 atom stereocenters. The van der Waals surface area contributed by atoms with Gasteiger partial charge in [0.25, 0.3) is 0 Å². The fourth-order valence-electron chi connectivity index (χ4n) is 2.97. The van der Waals surface area contributed by atoms with Gasteiger partial charge in [-0.1, -0.05) is 0 Å². The van der Waals surface area contributed by atoms with Crippen molar-refractivity contribution in [1.82, 2.24) is 34.7 Å². The van der Waals surface area contributed by atoms with E-state index in [4.69, 9.17) is 4.74 Å². The van der Waals surface area contributed by atoms with E-state index in [1.165, 1.54) is 16.6 Å². The van der Waals surface area contributed by atoms with Gasteiger partial charge in [0.2, 0.25) is 15.9 Å². The van der Waals surface area contributed by atoms with E-state index < -0.39 is 10.0 Å². The van der Waals surface area contributed by atoms with Crippen LogP contribution in [0, 0.1) is 19.7 Å². The number of halogens is 1. The van der Waals surface area contributed by atoms with Crippen LogP contribution < -0.4 is 9.46 Å². The maximum absolute atomic E-state index is 13.2. The summed E-state index contributed by atoms with van der Waals surface area (Å²) in [6.07, 6.45) is 0. The van der Waals surface area contributed by atoms with Crippen molar-refractivity contribution >= 4 is 15.7 Å². The molecule has 156 valence electrons. The number of hydrogen-bond donors (Lipinski definition) is 2. The van der Waals surface area contributed by atoms with Gasteiger partial charge in [-0.3, -0.25) is 5.10 Å². The molecular weight excluding hydrogens is 413 g/mol. The number of H-pyrrole nitrogens is 1.